The summed E-state index contributed by atoms with van der Waals surface area (Å²) in [4.78, 5) is 0. The summed E-state index contributed by atoms with van der Waals surface area (Å²) in [5.41, 5.74) is 1.42. The summed E-state index contributed by atoms with van der Waals surface area (Å²) in [6.07, 6.45) is 3.52. The van der Waals surface area contributed by atoms with Crippen LogP contribution in [-0.2, 0) is 0 Å². The van der Waals surface area contributed by atoms with Crippen LogP contribution in [-0.4, -0.2) is 9.13 Å². The molecular formula is C24H12N6. The van der Waals surface area contributed by atoms with Crippen molar-refractivity contribution in [2.75, 3.05) is 0 Å². The summed E-state index contributed by atoms with van der Waals surface area (Å²) in [5.74, 6) is 0. The highest BCUT2D eigenvalue weighted by molar-refractivity contribution is 5.93. The van der Waals surface area contributed by atoms with Gasteiger partial charge in [-0.1, -0.05) is 36.4 Å². The Balaban J connectivity index is 2.29. The van der Waals surface area contributed by atoms with Crippen LogP contribution in [0.2, 0.25) is 0 Å². The van der Waals surface area contributed by atoms with Crippen LogP contribution in [0, 0.1) is 45.3 Å². The lowest BCUT2D eigenvalue weighted by Gasteiger charge is -2.06. The van der Waals surface area contributed by atoms with Crippen LogP contribution in [0.1, 0.15) is 0 Å². The lowest BCUT2D eigenvalue weighted by atomic mass is 10.2. The molecule has 0 saturated carbocycles. The molecule has 4 rings (SSSR count). The molecule has 4 aromatic rings. The normalized spacial score (nSPS) is 9.87. The molecule has 0 fully saturated rings. The molecule has 2 aromatic carbocycles. The second-order valence-electron chi connectivity index (χ2n) is 6.39. The molecule has 0 aliphatic rings. The quantitative estimate of drug-likeness (QED) is 0.530. The smallest absolute Gasteiger partial charge is 0.154 e. The number of hydrogen-bond acceptors (Lipinski definition) is 4. The molecule has 0 amide bonds. The summed E-state index contributed by atoms with van der Waals surface area (Å²) < 4.78 is 3.50. The largest absolute Gasteiger partial charge is 0.314 e. The highest BCUT2D eigenvalue weighted by atomic mass is 15.0. The number of benzene rings is 2. The second kappa shape index (κ2) is 7.53. The van der Waals surface area contributed by atoms with Crippen molar-refractivity contribution in [3.63, 3.8) is 0 Å². The fraction of sp³-hybridized carbons (Fsp3) is 0. The fourth-order valence-corrected chi connectivity index (χ4v) is 3.52. The first kappa shape index (κ1) is 18.3. The van der Waals surface area contributed by atoms with Crippen LogP contribution in [0.3, 0.4) is 0 Å². The van der Waals surface area contributed by atoms with E-state index in [-0.39, 0.29) is 11.1 Å². The van der Waals surface area contributed by atoms with Gasteiger partial charge >= 0.3 is 0 Å². The van der Waals surface area contributed by atoms with Crippen LogP contribution in [0.25, 0.3) is 33.3 Å². The van der Waals surface area contributed by atoms with Gasteiger partial charge in [-0.3, -0.25) is 0 Å². The van der Waals surface area contributed by atoms with Crippen molar-refractivity contribution >= 4 is 21.9 Å². The van der Waals surface area contributed by atoms with E-state index in [1.807, 2.05) is 84.9 Å². The minimum atomic E-state index is -0.0546. The fourth-order valence-electron chi connectivity index (χ4n) is 3.52. The van der Waals surface area contributed by atoms with E-state index in [4.69, 9.17) is 0 Å². The first-order chi connectivity index (χ1) is 14.7. The summed E-state index contributed by atoms with van der Waals surface area (Å²) >= 11 is 0. The molecule has 138 valence electrons. The zero-order valence-corrected chi connectivity index (χ0v) is 15.6. The van der Waals surface area contributed by atoms with Gasteiger partial charge in [-0.25, -0.2) is 0 Å². The molecule has 2 aromatic heterocycles. The molecule has 0 saturated heterocycles. The predicted octanol–water partition coefficient (Wildman–Crippen LogP) is 2.82. The zero-order valence-electron chi connectivity index (χ0n) is 15.6. The highest BCUT2D eigenvalue weighted by Gasteiger charge is 2.17. The number of para-hydroxylation sites is 2. The van der Waals surface area contributed by atoms with Crippen LogP contribution >= 0.6 is 0 Å². The van der Waals surface area contributed by atoms with Crippen LogP contribution < -0.4 is 10.7 Å². The molecule has 0 spiro atoms. The predicted molar refractivity (Wildman–Crippen MR) is 111 cm³/mol. The second-order valence-corrected chi connectivity index (χ2v) is 6.39. The van der Waals surface area contributed by atoms with Gasteiger partial charge in [0.25, 0.3) is 0 Å². The number of rotatable bonds is 2. The SMILES string of the molecule is N#CC(C#N)=c1c2cn(-c3ccccc3)c(=C(C#N)C#N)c2cn1-c1ccccc1. The molecule has 0 bridgehead atoms. The Bertz CT molecular complexity index is 1400. The molecule has 0 radical (unpaired) electrons. The van der Waals surface area contributed by atoms with Crippen LogP contribution in [0.5, 0.6) is 0 Å². The van der Waals surface area contributed by atoms with E-state index in [0.717, 1.165) is 11.4 Å². The third-order valence-electron chi connectivity index (χ3n) is 4.79. The standard InChI is InChI=1S/C24H12N6/c25-11-17(12-26)23-22-16-30(20-9-5-2-6-10-20)24(18(13-27)14-28)21(22)15-29(23)19-7-3-1-4-8-19/h1-10,15-16H. The van der Waals surface area contributed by atoms with Gasteiger partial charge in [0.15, 0.2) is 11.1 Å². The maximum Gasteiger partial charge on any atom is 0.154 e. The van der Waals surface area contributed by atoms with E-state index < -0.39 is 0 Å². The highest BCUT2D eigenvalue weighted by Crippen LogP contribution is 2.17. The number of fused-ring (bicyclic) bond motifs is 1. The molecular weight excluding hydrogens is 372 g/mol. The van der Waals surface area contributed by atoms with E-state index in [9.17, 15) is 21.0 Å². The van der Waals surface area contributed by atoms with Gasteiger partial charge in [-0.05, 0) is 24.3 Å². The minimum absolute atomic E-state index is 0.0546. The number of nitrogens with zero attached hydrogens (tertiary/aromatic N) is 6. The van der Waals surface area contributed by atoms with Gasteiger partial charge < -0.3 is 9.13 Å². The van der Waals surface area contributed by atoms with E-state index in [1.54, 1.807) is 21.5 Å². The van der Waals surface area contributed by atoms with E-state index >= 15 is 0 Å². The Morgan fingerprint density at radius 2 is 0.867 bits per heavy atom. The maximum atomic E-state index is 9.58. The van der Waals surface area contributed by atoms with Crippen LogP contribution in [0.4, 0.5) is 0 Å². The summed E-state index contributed by atoms with van der Waals surface area (Å²) in [7, 11) is 0. The Labute approximate surface area is 171 Å². The molecule has 0 unspecified atom stereocenters. The lowest BCUT2D eigenvalue weighted by Crippen LogP contribution is -2.19. The third-order valence-corrected chi connectivity index (χ3v) is 4.79. The Kier molecular flexibility index (Phi) is 4.60. The van der Waals surface area contributed by atoms with Crippen LogP contribution in [0.15, 0.2) is 73.1 Å². The summed E-state index contributed by atoms with van der Waals surface area (Å²) in [5, 5.41) is 40.4. The monoisotopic (exact) mass is 384 g/mol. The molecule has 0 aliphatic heterocycles. The molecule has 0 atom stereocenters. The van der Waals surface area contributed by atoms with E-state index in [1.165, 1.54) is 0 Å². The van der Waals surface area contributed by atoms with Crippen molar-refractivity contribution in [2.45, 2.75) is 0 Å². The summed E-state index contributed by atoms with van der Waals surface area (Å²) in [6, 6.07) is 26.5. The maximum absolute atomic E-state index is 9.58. The first-order valence-electron chi connectivity index (χ1n) is 8.95. The molecule has 30 heavy (non-hydrogen) atoms. The molecule has 2 heterocycles. The molecule has 0 N–H and O–H groups in total. The van der Waals surface area contributed by atoms with Crippen molar-refractivity contribution in [3.05, 3.63) is 83.8 Å². The number of nitriles is 4. The lowest BCUT2D eigenvalue weighted by molar-refractivity contribution is 1.01. The van der Waals surface area contributed by atoms with Gasteiger partial charge in [0.05, 0.1) is 10.7 Å². The van der Waals surface area contributed by atoms with Gasteiger partial charge in [-0.15, -0.1) is 0 Å². The molecule has 6 nitrogen and oxygen atoms in total. The van der Waals surface area contributed by atoms with Gasteiger partial charge in [-0.2, -0.15) is 21.0 Å². The first-order valence-corrected chi connectivity index (χ1v) is 8.95. The number of aromatic nitrogens is 2. The third kappa shape index (κ3) is 2.79. The average molecular weight is 384 g/mol. The molecule has 0 aliphatic carbocycles. The summed E-state index contributed by atoms with van der Waals surface area (Å²) in [6.45, 7) is 0. The van der Waals surface area contributed by atoms with Crippen molar-refractivity contribution < 1.29 is 0 Å². The zero-order chi connectivity index (χ0) is 21.1. The Hall–Kier alpha value is -5.04. The van der Waals surface area contributed by atoms with Crippen molar-refractivity contribution in [3.8, 4) is 35.7 Å². The van der Waals surface area contributed by atoms with Crippen molar-refractivity contribution in [1.29, 1.82) is 21.0 Å². The van der Waals surface area contributed by atoms with Gasteiger partial charge in [0, 0.05) is 34.5 Å². The topological polar surface area (TPSA) is 105 Å². The van der Waals surface area contributed by atoms with E-state index in [0.29, 0.717) is 21.5 Å². The minimum Gasteiger partial charge on any atom is -0.314 e. The van der Waals surface area contributed by atoms with Gasteiger partial charge in [0.1, 0.15) is 24.3 Å². The molecule has 6 heteroatoms. The van der Waals surface area contributed by atoms with Crippen molar-refractivity contribution in [2.24, 2.45) is 0 Å². The van der Waals surface area contributed by atoms with Crippen molar-refractivity contribution in [1.82, 2.24) is 9.13 Å². The Morgan fingerprint density at radius 1 is 0.533 bits per heavy atom. The van der Waals surface area contributed by atoms with Gasteiger partial charge in [0.2, 0.25) is 0 Å². The number of hydrogen-bond donors (Lipinski definition) is 0. The van der Waals surface area contributed by atoms with E-state index in [2.05, 4.69) is 0 Å². The average Bonchev–Trinajstić information content (AvgIpc) is 3.34. The Morgan fingerprint density at radius 3 is 1.17 bits per heavy atom.